The number of nitrogens with zero attached hydrogens (tertiary/aromatic N) is 1. The average Bonchev–Trinajstić information content (AvgIpc) is 2.54. The van der Waals surface area contributed by atoms with Gasteiger partial charge in [0.2, 0.25) is 0 Å². The Labute approximate surface area is 107 Å². The summed E-state index contributed by atoms with van der Waals surface area (Å²) in [5.41, 5.74) is 2.39. The molecule has 1 fully saturated rings. The van der Waals surface area contributed by atoms with E-state index in [1.54, 1.807) is 0 Å². The Morgan fingerprint density at radius 1 is 1.35 bits per heavy atom. The van der Waals surface area contributed by atoms with Crippen molar-refractivity contribution in [1.82, 2.24) is 0 Å². The normalized spacial score (nSPS) is 34.5. The SMILES string of the molecule is O=C(O)[N+]1([O-])CC2(Cc3ccc(Br)cc3C2)C1. The van der Waals surface area contributed by atoms with Crippen LogP contribution in [0.25, 0.3) is 0 Å². The zero-order valence-corrected chi connectivity index (χ0v) is 10.7. The average molecular weight is 298 g/mol. The summed E-state index contributed by atoms with van der Waals surface area (Å²) in [5, 5.41) is 20.6. The third-order valence-electron chi connectivity index (χ3n) is 3.83. The highest BCUT2D eigenvalue weighted by molar-refractivity contribution is 9.10. The first kappa shape index (κ1) is 11.2. The molecule has 1 aliphatic heterocycles. The summed E-state index contributed by atoms with van der Waals surface area (Å²) in [6, 6.07) is 6.13. The van der Waals surface area contributed by atoms with E-state index in [2.05, 4.69) is 28.1 Å². The largest absolute Gasteiger partial charge is 0.622 e. The Hall–Kier alpha value is -0.910. The Kier molecular flexibility index (Phi) is 2.18. The van der Waals surface area contributed by atoms with Crippen molar-refractivity contribution in [3.63, 3.8) is 0 Å². The Morgan fingerprint density at radius 2 is 2.00 bits per heavy atom. The number of fused-ring (bicyclic) bond motifs is 1. The third kappa shape index (κ3) is 1.61. The van der Waals surface area contributed by atoms with E-state index < -0.39 is 10.7 Å². The highest BCUT2D eigenvalue weighted by Crippen LogP contribution is 2.47. The second kappa shape index (κ2) is 3.31. The van der Waals surface area contributed by atoms with Gasteiger partial charge < -0.3 is 10.3 Å². The third-order valence-corrected chi connectivity index (χ3v) is 4.32. The molecule has 2 aliphatic rings. The van der Waals surface area contributed by atoms with Gasteiger partial charge in [-0.25, -0.2) is 0 Å². The van der Waals surface area contributed by atoms with Gasteiger partial charge in [-0.1, -0.05) is 22.0 Å². The second-order valence-electron chi connectivity index (χ2n) is 5.25. The number of quaternary nitrogens is 1. The monoisotopic (exact) mass is 297 g/mol. The molecule has 0 unspecified atom stereocenters. The standard InChI is InChI=1S/C12H12BrNO3/c13-10-2-1-8-4-12(5-9(8)3-10)6-14(17,7-12)11(15)16/h1-3H,4-7H2,(H,15,16). The van der Waals surface area contributed by atoms with E-state index in [1.165, 1.54) is 11.1 Å². The number of hydrogen-bond acceptors (Lipinski definition) is 2. The molecule has 1 heterocycles. The van der Waals surface area contributed by atoms with Gasteiger partial charge in [0.1, 0.15) is 13.1 Å². The van der Waals surface area contributed by atoms with Crippen LogP contribution in [0.4, 0.5) is 4.79 Å². The maximum absolute atomic E-state index is 11.8. The molecule has 1 saturated heterocycles. The number of hydrogen-bond donors (Lipinski definition) is 1. The first-order valence-electron chi connectivity index (χ1n) is 5.51. The van der Waals surface area contributed by atoms with Gasteiger partial charge in [0.25, 0.3) is 0 Å². The summed E-state index contributed by atoms with van der Waals surface area (Å²) >= 11 is 3.43. The van der Waals surface area contributed by atoms with E-state index in [-0.39, 0.29) is 18.5 Å². The highest BCUT2D eigenvalue weighted by Gasteiger charge is 2.57. The number of halogens is 1. The van der Waals surface area contributed by atoms with Crippen LogP contribution in [0.1, 0.15) is 11.1 Å². The number of carboxylic acid groups (broad SMARTS) is 1. The van der Waals surface area contributed by atoms with E-state index in [1.807, 2.05) is 6.07 Å². The molecule has 0 aromatic heterocycles. The minimum Gasteiger partial charge on any atom is -0.622 e. The minimum absolute atomic E-state index is 0.108. The molecule has 1 amide bonds. The zero-order valence-electron chi connectivity index (χ0n) is 9.15. The van der Waals surface area contributed by atoms with Crippen LogP contribution in [0.3, 0.4) is 0 Å². The maximum Gasteiger partial charge on any atom is 0.513 e. The van der Waals surface area contributed by atoms with Crippen LogP contribution < -0.4 is 0 Å². The maximum atomic E-state index is 11.8. The fourth-order valence-electron chi connectivity index (χ4n) is 3.20. The van der Waals surface area contributed by atoms with Crippen LogP contribution in [0, 0.1) is 10.6 Å². The molecule has 5 heteroatoms. The van der Waals surface area contributed by atoms with E-state index >= 15 is 0 Å². The van der Waals surface area contributed by atoms with Crippen molar-refractivity contribution in [3.8, 4) is 0 Å². The highest BCUT2D eigenvalue weighted by atomic mass is 79.9. The summed E-state index contributed by atoms with van der Waals surface area (Å²) in [5.74, 6) is 0. The van der Waals surface area contributed by atoms with Crippen molar-refractivity contribution in [2.24, 2.45) is 5.41 Å². The summed E-state index contributed by atoms with van der Waals surface area (Å²) < 4.78 is -0.0384. The number of likely N-dealkylation sites (tertiary alicyclic amines) is 1. The van der Waals surface area contributed by atoms with E-state index in [0.29, 0.717) is 0 Å². The number of amides is 1. The molecule has 1 aliphatic carbocycles. The first-order chi connectivity index (χ1) is 7.92. The second-order valence-corrected chi connectivity index (χ2v) is 6.17. The molecule has 1 N–H and O–H groups in total. The van der Waals surface area contributed by atoms with Gasteiger partial charge in [0.15, 0.2) is 0 Å². The molecule has 90 valence electrons. The molecule has 0 bridgehead atoms. The fourth-order valence-corrected chi connectivity index (χ4v) is 3.61. The predicted molar refractivity (Wildman–Crippen MR) is 65.4 cm³/mol. The van der Waals surface area contributed by atoms with Gasteiger partial charge in [0, 0.05) is 4.47 Å². The Morgan fingerprint density at radius 3 is 2.65 bits per heavy atom. The molecule has 1 aromatic rings. The smallest absolute Gasteiger partial charge is 0.513 e. The van der Waals surface area contributed by atoms with Crippen LogP contribution in [0.2, 0.25) is 0 Å². The van der Waals surface area contributed by atoms with E-state index in [0.717, 1.165) is 17.3 Å². The van der Waals surface area contributed by atoms with Crippen molar-refractivity contribution in [2.45, 2.75) is 12.8 Å². The lowest BCUT2D eigenvalue weighted by molar-refractivity contribution is -0.873. The van der Waals surface area contributed by atoms with Crippen LogP contribution in [0.15, 0.2) is 22.7 Å². The van der Waals surface area contributed by atoms with Gasteiger partial charge in [0.05, 0.1) is 5.41 Å². The van der Waals surface area contributed by atoms with Crippen molar-refractivity contribution in [3.05, 3.63) is 39.0 Å². The van der Waals surface area contributed by atoms with Crippen LogP contribution >= 0.6 is 15.9 Å². The molecule has 1 spiro atoms. The van der Waals surface area contributed by atoms with Crippen LogP contribution in [-0.2, 0) is 12.8 Å². The van der Waals surface area contributed by atoms with Gasteiger partial charge in [-0.15, -0.1) is 0 Å². The summed E-state index contributed by atoms with van der Waals surface area (Å²) in [6.07, 6.45) is 0.412. The molecule has 0 saturated carbocycles. The number of benzene rings is 1. The molecular weight excluding hydrogens is 286 g/mol. The summed E-state index contributed by atoms with van der Waals surface area (Å²) in [6.45, 7) is 0.406. The first-order valence-corrected chi connectivity index (χ1v) is 6.31. The number of hydroxylamine groups is 3. The fraction of sp³-hybridized carbons (Fsp3) is 0.417. The van der Waals surface area contributed by atoms with Crippen LogP contribution in [-0.4, -0.2) is 28.9 Å². The van der Waals surface area contributed by atoms with Gasteiger partial charge in [-0.05, 0) is 36.1 Å². The molecule has 4 nitrogen and oxygen atoms in total. The lowest BCUT2D eigenvalue weighted by Gasteiger charge is -2.55. The van der Waals surface area contributed by atoms with Crippen molar-refractivity contribution in [2.75, 3.05) is 13.1 Å². The lowest BCUT2D eigenvalue weighted by Crippen LogP contribution is -2.69. The summed E-state index contributed by atoms with van der Waals surface area (Å²) in [7, 11) is 0. The van der Waals surface area contributed by atoms with Crippen molar-refractivity contribution < 1.29 is 14.5 Å². The van der Waals surface area contributed by atoms with Gasteiger partial charge >= 0.3 is 6.09 Å². The minimum atomic E-state index is -1.26. The van der Waals surface area contributed by atoms with Gasteiger partial charge in [-0.3, -0.25) is 4.65 Å². The molecule has 0 atom stereocenters. The number of carbonyl (C=O) groups is 1. The summed E-state index contributed by atoms with van der Waals surface area (Å²) in [4.78, 5) is 10.8. The van der Waals surface area contributed by atoms with Crippen LogP contribution in [0.5, 0.6) is 0 Å². The molecule has 3 rings (SSSR count). The quantitative estimate of drug-likeness (QED) is 0.591. The number of rotatable bonds is 0. The molecule has 17 heavy (non-hydrogen) atoms. The Balaban J connectivity index is 1.82. The Bertz CT molecular complexity index is 508. The topological polar surface area (TPSA) is 60.4 Å². The molecule has 0 radical (unpaired) electrons. The van der Waals surface area contributed by atoms with Crippen molar-refractivity contribution in [1.29, 1.82) is 0 Å². The van der Waals surface area contributed by atoms with Crippen molar-refractivity contribution >= 4 is 22.0 Å². The molecule has 1 aromatic carbocycles. The predicted octanol–water partition coefficient (Wildman–Crippen LogP) is 2.54. The zero-order chi connectivity index (χ0) is 12.3. The molecular formula is C12H12BrNO3. The lowest BCUT2D eigenvalue weighted by atomic mass is 9.77. The van der Waals surface area contributed by atoms with E-state index in [4.69, 9.17) is 5.11 Å². The van der Waals surface area contributed by atoms with E-state index in [9.17, 15) is 10.0 Å². The van der Waals surface area contributed by atoms with Gasteiger partial charge in [-0.2, -0.15) is 4.79 Å².